The van der Waals surface area contributed by atoms with Gasteiger partial charge < -0.3 is 10.2 Å². The highest BCUT2D eigenvalue weighted by Gasteiger charge is 2.23. The average molecular weight is 316 g/mol. The molecule has 1 aliphatic rings. The fourth-order valence-corrected chi connectivity index (χ4v) is 2.91. The Morgan fingerprint density at radius 2 is 1.87 bits per heavy atom. The average Bonchev–Trinajstić information content (AvgIpc) is 2.58. The molecule has 1 saturated heterocycles. The summed E-state index contributed by atoms with van der Waals surface area (Å²) in [6.45, 7) is 1.58. The molecule has 0 radical (unpaired) electrons. The predicted octanol–water partition coefficient (Wildman–Crippen LogP) is 3.36. The van der Waals surface area contributed by atoms with Crippen LogP contribution >= 0.6 is 0 Å². The minimum Gasteiger partial charge on any atom is -0.369 e. The largest absolute Gasteiger partial charge is 0.369 e. The normalized spacial score (nSPS) is 17.8. The standard InChI is InChI=1S/C18H18F2N2O/c19-16-10-4-9-15(17(16)20)18(23)21-13-6-5-11-22(12-13)14-7-2-1-3-8-14/h1-4,7-10,13H,5-6,11-12H2,(H,21,23). The lowest BCUT2D eigenvalue weighted by molar-refractivity contribution is 0.0928. The Morgan fingerprint density at radius 1 is 1.09 bits per heavy atom. The molecule has 0 bridgehead atoms. The minimum atomic E-state index is -1.10. The van der Waals surface area contributed by atoms with Crippen LogP contribution in [0.4, 0.5) is 14.5 Å². The summed E-state index contributed by atoms with van der Waals surface area (Å²) in [6, 6.07) is 13.5. The first-order valence-corrected chi connectivity index (χ1v) is 7.70. The van der Waals surface area contributed by atoms with E-state index in [0.717, 1.165) is 31.1 Å². The number of carbonyl (C=O) groups excluding carboxylic acids is 1. The molecule has 1 heterocycles. The molecule has 2 aromatic carbocycles. The monoisotopic (exact) mass is 316 g/mol. The molecule has 1 amide bonds. The summed E-state index contributed by atoms with van der Waals surface area (Å²) in [5.74, 6) is -2.67. The van der Waals surface area contributed by atoms with Gasteiger partial charge in [-0.1, -0.05) is 24.3 Å². The van der Waals surface area contributed by atoms with E-state index < -0.39 is 17.5 Å². The molecule has 1 aliphatic heterocycles. The van der Waals surface area contributed by atoms with Gasteiger partial charge in [0, 0.05) is 24.8 Å². The van der Waals surface area contributed by atoms with E-state index in [1.165, 1.54) is 12.1 Å². The van der Waals surface area contributed by atoms with Crippen LogP contribution in [0.25, 0.3) is 0 Å². The van der Waals surface area contributed by atoms with Gasteiger partial charge in [0.2, 0.25) is 0 Å². The van der Waals surface area contributed by atoms with Gasteiger partial charge in [0.25, 0.3) is 5.91 Å². The fraction of sp³-hybridized carbons (Fsp3) is 0.278. The number of rotatable bonds is 3. The van der Waals surface area contributed by atoms with E-state index in [-0.39, 0.29) is 11.6 Å². The number of hydrogen-bond donors (Lipinski definition) is 1. The Hall–Kier alpha value is -2.43. The van der Waals surface area contributed by atoms with Gasteiger partial charge in [-0.25, -0.2) is 8.78 Å². The Kier molecular flexibility index (Phi) is 4.55. The molecule has 120 valence electrons. The SMILES string of the molecule is O=C(NC1CCCN(c2ccccc2)C1)c1cccc(F)c1F. The van der Waals surface area contributed by atoms with Gasteiger partial charge in [0.1, 0.15) is 0 Å². The van der Waals surface area contributed by atoms with Crippen LogP contribution in [0.2, 0.25) is 0 Å². The summed E-state index contributed by atoms with van der Waals surface area (Å²) < 4.78 is 26.9. The van der Waals surface area contributed by atoms with Crippen LogP contribution in [0.3, 0.4) is 0 Å². The fourth-order valence-electron chi connectivity index (χ4n) is 2.91. The van der Waals surface area contributed by atoms with Gasteiger partial charge in [0.15, 0.2) is 11.6 Å². The maximum atomic E-state index is 13.7. The third-order valence-corrected chi connectivity index (χ3v) is 4.07. The summed E-state index contributed by atoms with van der Waals surface area (Å²) in [5.41, 5.74) is 0.852. The van der Waals surface area contributed by atoms with Crippen LogP contribution < -0.4 is 10.2 Å². The molecule has 1 fully saturated rings. The van der Waals surface area contributed by atoms with Crippen LogP contribution in [-0.2, 0) is 0 Å². The minimum absolute atomic E-state index is 0.0841. The molecule has 2 aromatic rings. The molecule has 0 aromatic heterocycles. The quantitative estimate of drug-likeness (QED) is 0.942. The van der Waals surface area contributed by atoms with Crippen molar-refractivity contribution in [2.24, 2.45) is 0 Å². The van der Waals surface area contributed by atoms with Crippen molar-refractivity contribution in [2.75, 3.05) is 18.0 Å². The summed E-state index contributed by atoms with van der Waals surface area (Å²) in [5, 5.41) is 2.82. The maximum Gasteiger partial charge on any atom is 0.254 e. The van der Waals surface area contributed by atoms with Crippen LogP contribution in [0.1, 0.15) is 23.2 Å². The first-order valence-electron chi connectivity index (χ1n) is 7.70. The van der Waals surface area contributed by atoms with Gasteiger partial charge in [-0.2, -0.15) is 0 Å². The lowest BCUT2D eigenvalue weighted by Crippen LogP contribution is -2.48. The molecular formula is C18H18F2N2O. The molecular weight excluding hydrogens is 298 g/mol. The van der Waals surface area contributed by atoms with Crippen molar-refractivity contribution < 1.29 is 13.6 Å². The van der Waals surface area contributed by atoms with Crippen molar-refractivity contribution in [1.82, 2.24) is 5.32 Å². The topological polar surface area (TPSA) is 32.3 Å². The van der Waals surface area contributed by atoms with Crippen molar-refractivity contribution >= 4 is 11.6 Å². The molecule has 1 N–H and O–H groups in total. The van der Waals surface area contributed by atoms with Crippen molar-refractivity contribution in [3.05, 3.63) is 65.7 Å². The Labute approximate surface area is 133 Å². The predicted molar refractivity (Wildman–Crippen MR) is 85.5 cm³/mol. The Morgan fingerprint density at radius 3 is 2.65 bits per heavy atom. The van der Waals surface area contributed by atoms with E-state index in [4.69, 9.17) is 0 Å². The number of halogens is 2. The lowest BCUT2D eigenvalue weighted by Gasteiger charge is -2.34. The summed E-state index contributed by atoms with van der Waals surface area (Å²) in [4.78, 5) is 14.4. The molecule has 0 saturated carbocycles. The third-order valence-electron chi connectivity index (χ3n) is 4.07. The summed E-state index contributed by atoms with van der Waals surface area (Å²) >= 11 is 0. The zero-order chi connectivity index (χ0) is 16.2. The third kappa shape index (κ3) is 3.50. The molecule has 5 heteroatoms. The smallest absolute Gasteiger partial charge is 0.254 e. The second kappa shape index (κ2) is 6.77. The van der Waals surface area contributed by atoms with Crippen LogP contribution in [-0.4, -0.2) is 25.0 Å². The summed E-state index contributed by atoms with van der Waals surface area (Å²) in [6.07, 6.45) is 1.76. The second-order valence-corrected chi connectivity index (χ2v) is 5.70. The van der Waals surface area contributed by atoms with Crippen molar-refractivity contribution in [3.8, 4) is 0 Å². The maximum absolute atomic E-state index is 13.7. The number of benzene rings is 2. The lowest BCUT2D eigenvalue weighted by atomic mass is 10.0. The Bertz CT molecular complexity index is 691. The van der Waals surface area contributed by atoms with Crippen LogP contribution in [0.5, 0.6) is 0 Å². The number of nitrogens with zero attached hydrogens (tertiary/aromatic N) is 1. The van der Waals surface area contributed by atoms with Crippen molar-refractivity contribution in [1.29, 1.82) is 0 Å². The zero-order valence-corrected chi connectivity index (χ0v) is 12.6. The van der Waals surface area contributed by atoms with Gasteiger partial charge in [-0.3, -0.25) is 4.79 Å². The van der Waals surface area contributed by atoms with Crippen molar-refractivity contribution in [3.63, 3.8) is 0 Å². The number of para-hydroxylation sites is 1. The van der Waals surface area contributed by atoms with E-state index in [9.17, 15) is 13.6 Å². The van der Waals surface area contributed by atoms with E-state index in [2.05, 4.69) is 10.2 Å². The first kappa shape index (κ1) is 15.5. The Balaban J connectivity index is 1.68. The highest BCUT2D eigenvalue weighted by atomic mass is 19.2. The van der Waals surface area contributed by atoms with E-state index in [1.807, 2.05) is 30.3 Å². The molecule has 23 heavy (non-hydrogen) atoms. The van der Waals surface area contributed by atoms with Crippen LogP contribution in [0, 0.1) is 11.6 Å². The highest BCUT2D eigenvalue weighted by Crippen LogP contribution is 2.20. The van der Waals surface area contributed by atoms with Crippen LogP contribution in [0.15, 0.2) is 48.5 Å². The number of carbonyl (C=O) groups is 1. The van der Waals surface area contributed by atoms with E-state index >= 15 is 0 Å². The molecule has 1 unspecified atom stereocenters. The summed E-state index contributed by atoms with van der Waals surface area (Å²) in [7, 11) is 0. The van der Waals surface area contributed by atoms with E-state index in [1.54, 1.807) is 0 Å². The second-order valence-electron chi connectivity index (χ2n) is 5.70. The molecule has 1 atom stereocenters. The van der Waals surface area contributed by atoms with E-state index in [0.29, 0.717) is 6.54 Å². The molecule has 0 spiro atoms. The highest BCUT2D eigenvalue weighted by molar-refractivity contribution is 5.94. The molecule has 0 aliphatic carbocycles. The van der Waals surface area contributed by atoms with Gasteiger partial charge in [-0.15, -0.1) is 0 Å². The molecule has 3 rings (SSSR count). The number of piperidine rings is 1. The zero-order valence-electron chi connectivity index (χ0n) is 12.6. The number of hydrogen-bond acceptors (Lipinski definition) is 2. The number of nitrogens with one attached hydrogen (secondary N) is 1. The van der Waals surface area contributed by atoms with Crippen molar-refractivity contribution in [2.45, 2.75) is 18.9 Å². The number of anilines is 1. The van der Waals surface area contributed by atoms with Gasteiger partial charge in [0.05, 0.1) is 5.56 Å². The first-order chi connectivity index (χ1) is 11.1. The van der Waals surface area contributed by atoms with Gasteiger partial charge in [-0.05, 0) is 37.1 Å². The number of amides is 1. The van der Waals surface area contributed by atoms with Gasteiger partial charge >= 0.3 is 0 Å². The molecule has 3 nitrogen and oxygen atoms in total.